The van der Waals surface area contributed by atoms with Crippen LogP contribution in [0.1, 0.15) is 0 Å². The highest BCUT2D eigenvalue weighted by molar-refractivity contribution is 6.15. The molecule has 2 aromatic rings. The Morgan fingerprint density at radius 3 is 1.42 bits per heavy atom. The van der Waals surface area contributed by atoms with Crippen molar-refractivity contribution in [3.8, 4) is 0 Å². The summed E-state index contributed by atoms with van der Waals surface area (Å²) < 4.78 is 0. The fourth-order valence-electron chi connectivity index (χ4n) is 0.430. The maximum Gasteiger partial charge on any atom is 0.0487 e. The van der Waals surface area contributed by atoms with Gasteiger partial charge in [-0.2, -0.15) is 10.2 Å². The zero-order chi connectivity index (χ0) is 9.07. The highest BCUT2D eigenvalue weighted by Gasteiger charge is 1.57. The Kier molecular flexibility index (Phi) is 8.67. The molecule has 0 atom stereocenters. The Hall–Kier alpha value is -1.29. The molecule has 0 fully saturated rings. The smallest absolute Gasteiger partial charge is 0.0487 e. The third kappa shape index (κ3) is 6.82. The van der Waals surface area contributed by atoms with Crippen LogP contribution in [0.4, 0.5) is 0 Å². The third-order valence-corrected chi connectivity index (χ3v) is 0.812. The number of hydrogen-bond donors (Lipinski definition) is 2. The van der Waals surface area contributed by atoms with E-state index in [2.05, 4.69) is 32.0 Å². The largest absolute Gasteiger partial charge is 0.286 e. The molecule has 0 aromatic carbocycles. The molecular formula is C7H11ClN4. The van der Waals surface area contributed by atoms with E-state index in [0.29, 0.717) is 0 Å². The first-order valence-corrected chi connectivity index (χ1v) is 4.01. The number of halogens is 1. The fraction of sp³-hybridized carbons (Fsp3) is 0.143. The van der Waals surface area contributed by atoms with Crippen molar-refractivity contribution in [1.82, 2.24) is 20.4 Å². The van der Waals surface area contributed by atoms with Crippen molar-refractivity contribution in [2.24, 2.45) is 0 Å². The van der Waals surface area contributed by atoms with Gasteiger partial charge in [-0.25, -0.2) is 0 Å². The topological polar surface area (TPSA) is 57.4 Å². The predicted molar refractivity (Wildman–Crippen MR) is 49.0 cm³/mol. The van der Waals surface area contributed by atoms with Gasteiger partial charge in [-0.3, -0.25) is 10.2 Å². The molecular weight excluding hydrogens is 176 g/mol. The fourth-order valence-corrected chi connectivity index (χ4v) is 0.430. The SMILES string of the molecule is CCl.c1cn[nH]c1.c1cn[nH]c1. The van der Waals surface area contributed by atoms with E-state index in [4.69, 9.17) is 0 Å². The number of rotatable bonds is 0. The average Bonchev–Trinajstić information content (AvgIpc) is 2.87. The van der Waals surface area contributed by atoms with Gasteiger partial charge in [0.15, 0.2) is 0 Å². The lowest BCUT2D eigenvalue weighted by Gasteiger charge is -1.49. The molecule has 0 aliphatic carbocycles. The Labute approximate surface area is 76.0 Å². The monoisotopic (exact) mass is 186 g/mol. The first kappa shape index (κ1) is 10.7. The minimum atomic E-state index is 1.47. The summed E-state index contributed by atoms with van der Waals surface area (Å²) >= 11 is 4.64. The van der Waals surface area contributed by atoms with E-state index >= 15 is 0 Å². The standard InChI is InChI=1S/2C3H4N2.CH3Cl/c2*1-2-4-5-3-1;1-2/h2*1-3H,(H,4,5);1H3. The number of alkyl halides is 1. The van der Waals surface area contributed by atoms with Gasteiger partial charge in [0.25, 0.3) is 0 Å². The molecule has 0 radical (unpaired) electrons. The molecule has 12 heavy (non-hydrogen) atoms. The number of aromatic nitrogens is 4. The van der Waals surface area contributed by atoms with Crippen LogP contribution in [0.2, 0.25) is 0 Å². The van der Waals surface area contributed by atoms with Crippen molar-refractivity contribution >= 4 is 11.6 Å². The van der Waals surface area contributed by atoms with E-state index < -0.39 is 0 Å². The van der Waals surface area contributed by atoms with Gasteiger partial charge < -0.3 is 0 Å². The molecule has 2 rings (SSSR count). The molecule has 5 heteroatoms. The number of nitrogens with one attached hydrogen (secondary N) is 2. The first-order valence-electron chi connectivity index (χ1n) is 3.25. The number of aromatic amines is 2. The second-order valence-corrected chi connectivity index (χ2v) is 1.53. The Bertz CT molecular complexity index is 155. The lowest BCUT2D eigenvalue weighted by Crippen LogP contribution is -1.53. The van der Waals surface area contributed by atoms with Crippen LogP contribution in [0.25, 0.3) is 0 Å². The van der Waals surface area contributed by atoms with E-state index in [0.717, 1.165) is 0 Å². The zero-order valence-electron chi connectivity index (χ0n) is 6.74. The molecule has 66 valence electrons. The second kappa shape index (κ2) is 9.71. The maximum atomic E-state index is 4.64. The highest BCUT2D eigenvalue weighted by atomic mass is 35.5. The molecule has 0 saturated carbocycles. The molecule has 2 heterocycles. The summed E-state index contributed by atoms with van der Waals surface area (Å²) in [6.07, 6.45) is 8.39. The van der Waals surface area contributed by atoms with Crippen molar-refractivity contribution in [1.29, 1.82) is 0 Å². The summed E-state index contributed by atoms with van der Waals surface area (Å²) in [4.78, 5) is 0. The normalized spacial score (nSPS) is 7.17. The van der Waals surface area contributed by atoms with E-state index in [9.17, 15) is 0 Å². The zero-order valence-corrected chi connectivity index (χ0v) is 7.49. The van der Waals surface area contributed by atoms with Gasteiger partial charge in [0.1, 0.15) is 0 Å². The van der Waals surface area contributed by atoms with E-state index in [1.165, 1.54) is 6.38 Å². The summed E-state index contributed by atoms with van der Waals surface area (Å²) in [5.41, 5.74) is 0. The van der Waals surface area contributed by atoms with E-state index in [1.54, 1.807) is 24.8 Å². The van der Waals surface area contributed by atoms with Crippen LogP contribution in [-0.2, 0) is 0 Å². The third-order valence-electron chi connectivity index (χ3n) is 0.812. The molecule has 0 unspecified atom stereocenters. The van der Waals surface area contributed by atoms with E-state index in [-0.39, 0.29) is 0 Å². The molecule has 0 amide bonds. The van der Waals surface area contributed by atoms with Crippen molar-refractivity contribution in [2.45, 2.75) is 0 Å². The van der Waals surface area contributed by atoms with Gasteiger partial charge in [0.2, 0.25) is 0 Å². The minimum absolute atomic E-state index is 1.47. The summed E-state index contributed by atoms with van der Waals surface area (Å²) in [5.74, 6) is 0. The van der Waals surface area contributed by atoms with Crippen molar-refractivity contribution in [2.75, 3.05) is 6.38 Å². The second-order valence-electron chi connectivity index (χ2n) is 1.53. The molecule has 0 saturated heterocycles. The van der Waals surface area contributed by atoms with Crippen LogP contribution in [0.3, 0.4) is 0 Å². The van der Waals surface area contributed by atoms with Gasteiger partial charge >= 0.3 is 0 Å². The summed E-state index contributed by atoms with van der Waals surface area (Å²) in [6, 6.07) is 3.67. The number of H-pyrrole nitrogens is 2. The molecule has 0 bridgehead atoms. The summed E-state index contributed by atoms with van der Waals surface area (Å²) in [5, 5.41) is 12.4. The Balaban J connectivity index is 0.000000168. The molecule has 0 aliphatic heterocycles. The maximum absolute atomic E-state index is 4.64. The minimum Gasteiger partial charge on any atom is -0.286 e. The number of hydrogen-bond acceptors (Lipinski definition) is 2. The highest BCUT2D eigenvalue weighted by Crippen LogP contribution is 1.65. The Morgan fingerprint density at radius 2 is 1.33 bits per heavy atom. The van der Waals surface area contributed by atoms with Gasteiger partial charge in [-0.15, -0.1) is 11.6 Å². The Morgan fingerprint density at radius 1 is 0.917 bits per heavy atom. The van der Waals surface area contributed by atoms with Crippen molar-refractivity contribution in [3.63, 3.8) is 0 Å². The molecule has 2 aromatic heterocycles. The van der Waals surface area contributed by atoms with Gasteiger partial charge in [-0.1, -0.05) is 0 Å². The van der Waals surface area contributed by atoms with Crippen LogP contribution in [0.15, 0.2) is 36.9 Å². The lowest BCUT2D eigenvalue weighted by atomic mass is 10.8. The van der Waals surface area contributed by atoms with Crippen LogP contribution in [0, 0.1) is 0 Å². The molecule has 4 nitrogen and oxygen atoms in total. The van der Waals surface area contributed by atoms with Crippen LogP contribution in [0.5, 0.6) is 0 Å². The predicted octanol–water partition coefficient (Wildman–Crippen LogP) is 1.67. The van der Waals surface area contributed by atoms with Crippen molar-refractivity contribution < 1.29 is 0 Å². The van der Waals surface area contributed by atoms with Gasteiger partial charge in [-0.05, 0) is 12.1 Å². The number of nitrogens with zero attached hydrogens (tertiary/aromatic N) is 2. The van der Waals surface area contributed by atoms with Crippen LogP contribution >= 0.6 is 11.6 Å². The average molecular weight is 187 g/mol. The van der Waals surface area contributed by atoms with Gasteiger partial charge in [0, 0.05) is 31.2 Å². The van der Waals surface area contributed by atoms with Crippen molar-refractivity contribution in [3.05, 3.63) is 36.9 Å². The summed E-state index contributed by atoms with van der Waals surface area (Å²) in [6.45, 7) is 0. The molecule has 0 aliphatic rings. The van der Waals surface area contributed by atoms with E-state index in [1.807, 2.05) is 12.1 Å². The first-order chi connectivity index (χ1) is 6.00. The van der Waals surface area contributed by atoms with Crippen LogP contribution < -0.4 is 0 Å². The van der Waals surface area contributed by atoms with Gasteiger partial charge in [0.05, 0.1) is 0 Å². The quantitative estimate of drug-likeness (QED) is 0.615. The lowest BCUT2D eigenvalue weighted by molar-refractivity contribution is 1.09. The molecule has 0 spiro atoms. The molecule has 2 N–H and O–H groups in total. The van der Waals surface area contributed by atoms with Crippen LogP contribution in [-0.4, -0.2) is 26.8 Å². The summed E-state index contributed by atoms with van der Waals surface area (Å²) in [7, 11) is 0.